The van der Waals surface area contributed by atoms with Crippen LogP contribution in [-0.4, -0.2) is 33.0 Å². The van der Waals surface area contributed by atoms with Crippen molar-refractivity contribution in [3.63, 3.8) is 0 Å². The highest BCUT2D eigenvalue weighted by Crippen LogP contribution is 2.35. The summed E-state index contributed by atoms with van der Waals surface area (Å²) in [6, 6.07) is 10.7. The van der Waals surface area contributed by atoms with Crippen molar-refractivity contribution in [1.29, 1.82) is 0 Å². The second-order valence-corrected chi connectivity index (χ2v) is 11.1. The number of methoxy groups -OCH3 is 1. The number of thioether (sulfide) groups is 1. The summed E-state index contributed by atoms with van der Waals surface area (Å²) in [5.41, 5.74) is 7.07. The molecule has 2 aromatic rings. The summed E-state index contributed by atoms with van der Waals surface area (Å²) in [6.45, 7) is 7.59. The van der Waals surface area contributed by atoms with Crippen molar-refractivity contribution in [3.05, 3.63) is 105 Å². The number of ketones is 1. The molecule has 0 unspecified atom stereocenters. The Balaban J connectivity index is 2.19. The van der Waals surface area contributed by atoms with Crippen LogP contribution in [-0.2, 0) is 19.4 Å². The number of allylic oxidation sites excluding steroid dienone is 2. The summed E-state index contributed by atoms with van der Waals surface area (Å²) in [5.74, 6) is -1.46. The second-order valence-electron chi connectivity index (χ2n) is 7.15. The predicted octanol–water partition coefficient (Wildman–Crippen LogP) is 5.74. The van der Waals surface area contributed by atoms with Gasteiger partial charge in [0.2, 0.25) is 5.78 Å². The number of sulfone groups is 1. The molecule has 36 heavy (non-hydrogen) atoms. The summed E-state index contributed by atoms with van der Waals surface area (Å²) in [5, 5.41) is 3.74. The maximum absolute atomic E-state index is 13.3. The Kier molecular flexibility index (Phi) is 10.9. The van der Waals surface area contributed by atoms with Gasteiger partial charge in [-0.2, -0.15) is 0 Å². The van der Waals surface area contributed by atoms with E-state index >= 15 is 0 Å². The molecule has 0 fully saturated rings. The summed E-state index contributed by atoms with van der Waals surface area (Å²) >= 11 is 13.4. The zero-order valence-electron chi connectivity index (χ0n) is 19.3. The third kappa shape index (κ3) is 8.03. The quantitative estimate of drug-likeness (QED) is 0.144. The van der Waals surface area contributed by atoms with E-state index in [0.29, 0.717) is 10.7 Å². The number of Topliss-reactive ketones (excluding diaryl/α,β-unsaturated/α-hetero) is 1. The summed E-state index contributed by atoms with van der Waals surface area (Å²) in [7, 11) is -2.45. The van der Waals surface area contributed by atoms with Gasteiger partial charge in [-0.05, 0) is 36.4 Å². The maximum atomic E-state index is 13.3. The number of rotatable bonds is 12. The number of carbonyl (C=O) groups excluding carboxylic acids is 2. The largest absolute Gasteiger partial charge is 0.466 e. The van der Waals surface area contributed by atoms with E-state index in [0.717, 1.165) is 17.8 Å². The normalized spacial score (nSPS) is 12.1. The van der Waals surface area contributed by atoms with Gasteiger partial charge < -0.3 is 15.8 Å². The van der Waals surface area contributed by atoms with Crippen molar-refractivity contribution in [2.24, 2.45) is 5.73 Å². The molecule has 0 aliphatic heterocycles. The average Bonchev–Trinajstić information content (AvgIpc) is 2.82. The number of carbonyl (C=O) groups is 2. The molecule has 0 radical (unpaired) electrons. The highest BCUT2D eigenvalue weighted by molar-refractivity contribution is 8.07. The summed E-state index contributed by atoms with van der Waals surface area (Å²) in [4.78, 5) is 24.6. The van der Waals surface area contributed by atoms with Crippen molar-refractivity contribution >= 4 is 62.2 Å². The van der Waals surface area contributed by atoms with E-state index in [1.165, 1.54) is 25.3 Å². The van der Waals surface area contributed by atoms with Gasteiger partial charge in [0.15, 0.2) is 9.84 Å². The molecular weight excluding hydrogens is 543 g/mol. The van der Waals surface area contributed by atoms with E-state index in [2.05, 4.69) is 23.2 Å². The first-order chi connectivity index (χ1) is 17.0. The Bertz CT molecular complexity index is 1310. The monoisotopic (exact) mass is 566 g/mol. The van der Waals surface area contributed by atoms with Crippen LogP contribution in [0.2, 0.25) is 10.0 Å². The van der Waals surface area contributed by atoms with Crippen LogP contribution in [0.15, 0.2) is 94.4 Å². The minimum atomic E-state index is -3.65. The molecule has 190 valence electrons. The Labute approximate surface area is 224 Å². The van der Waals surface area contributed by atoms with Crippen LogP contribution in [0.4, 0.5) is 5.69 Å². The summed E-state index contributed by atoms with van der Waals surface area (Å²) < 4.78 is 29.3. The fourth-order valence-electron chi connectivity index (χ4n) is 2.82. The van der Waals surface area contributed by atoms with Gasteiger partial charge in [-0.3, -0.25) is 4.79 Å². The molecule has 11 heteroatoms. The molecule has 3 N–H and O–H groups in total. The molecule has 0 atom stereocenters. The molecule has 0 amide bonds. The number of hydrogen-bond acceptors (Lipinski definition) is 8. The molecular formula is C25H24Cl2N2O5S2. The molecule has 0 spiro atoms. The van der Waals surface area contributed by atoms with E-state index in [-0.39, 0.29) is 43.3 Å². The number of hydrogen-bond donors (Lipinski definition) is 2. The van der Waals surface area contributed by atoms with Gasteiger partial charge in [-0.15, -0.1) is 6.58 Å². The number of esters is 1. The van der Waals surface area contributed by atoms with Crippen LogP contribution >= 0.6 is 35.0 Å². The van der Waals surface area contributed by atoms with E-state index in [1.807, 2.05) is 0 Å². The van der Waals surface area contributed by atoms with Crippen LogP contribution < -0.4 is 11.1 Å². The van der Waals surface area contributed by atoms with Crippen molar-refractivity contribution in [1.82, 2.24) is 0 Å². The van der Waals surface area contributed by atoms with Gasteiger partial charge in [-0.1, -0.05) is 59.8 Å². The van der Waals surface area contributed by atoms with Crippen LogP contribution in [0, 0.1) is 0 Å². The molecule has 2 aromatic carbocycles. The van der Waals surface area contributed by atoms with Gasteiger partial charge >= 0.3 is 5.97 Å². The zero-order valence-corrected chi connectivity index (χ0v) is 22.4. The minimum absolute atomic E-state index is 0.0696. The SMILES string of the molecule is C=CC/C(N)=C(\SC(=C)Nc1ccc(S(=O)(=O)C/C=C/C(=O)OC)cc1)C(=O)c1c(Cl)cccc1Cl. The molecule has 0 bridgehead atoms. The van der Waals surface area contributed by atoms with Gasteiger partial charge in [0, 0.05) is 23.9 Å². The third-order valence-electron chi connectivity index (χ3n) is 4.55. The number of anilines is 1. The number of nitrogens with two attached hydrogens (primary N) is 1. The minimum Gasteiger partial charge on any atom is -0.466 e. The first kappa shape index (κ1) is 29.3. The van der Waals surface area contributed by atoms with Crippen LogP contribution in [0.5, 0.6) is 0 Å². The first-order valence-corrected chi connectivity index (χ1v) is 13.5. The topological polar surface area (TPSA) is 116 Å². The van der Waals surface area contributed by atoms with E-state index in [9.17, 15) is 18.0 Å². The van der Waals surface area contributed by atoms with Crippen molar-refractivity contribution < 1.29 is 22.7 Å². The first-order valence-electron chi connectivity index (χ1n) is 10.3. The van der Waals surface area contributed by atoms with Gasteiger partial charge in [0.25, 0.3) is 0 Å². The standard InChI is InChI=1S/C25H24Cl2N2O5S2/c1-4-7-21(28)25(24(31)23-19(26)8-5-9-20(23)27)35-16(2)29-17-11-13-18(14-12-17)36(32,33)15-6-10-22(30)34-3/h4-6,8-14,29H,1-2,7,15,28H2,3H3/b10-6+,25-21+. The van der Waals surface area contributed by atoms with Crippen molar-refractivity contribution in [2.75, 3.05) is 18.2 Å². The fraction of sp³-hybridized carbons (Fsp3) is 0.120. The molecule has 0 saturated carbocycles. The third-order valence-corrected chi connectivity index (χ3v) is 7.80. The Morgan fingerprint density at radius 3 is 2.31 bits per heavy atom. The molecule has 0 heterocycles. The molecule has 7 nitrogen and oxygen atoms in total. The van der Waals surface area contributed by atoms with Gasteiger partial charge in [0.05, 0.1) is 43.3 Å². The molecule has 0 aromatic heterocycles. The molecule has 0 aliphatic rings. The van der Waals surface area contributed by atoms with Gasteiger partial charge in [-0.25, -0.2) is 13.2 Å². The lowest BCUT2D eigenvalue weighted by Crippen LogP contribution is -2.11. The molecule has 0 saturated heterocycles. The van der Waals surface area contributed by atoms with Crippen LogP contribution in [0.1, 0.15) is 16.8 Å². The van der Waals surface area contributed by atoms with E-state index in [4.69, 9.17) is 28.9 Å². The smallest absolute Gasteiger partial charge is 0.330 e. The number of benzene rings is 2. The summed E-state index contributed by atoms with van der Waals surface area (Å²) in [6.07, 6.45) is 4.08. The van der Waals surface area contributed by atoms with Crippen molar-refractivity contribution in [2.45, 2.75) is 11.3 Å². The Hall–Kier alpha value is -2.98. The van der Waals surface area contributed by atoms with Gasteiger partial charge in [0.1, 0.15) is 0 Å². The lowest BCUT2D eigenvalue weighted by Gasteiger charge is -2.15. The average molecular weight is 568 g/mol. The van der Waals surface area contributed by atoms with Crippen LogP contribution in [0.3, 0.4) is 0 Å². The molecule has 0 aliphatic carbocycles. The Morgan fingerprint density at radius 2 is 1.75 bits per heavy atom. The van der Waals surface area contributed by atoms with Crippen LogP contribution in [0.25, 0.3) is 0 Å². The fourth-order valence-corrected chi connectivity index (χ4v) is 5.31. The lowest BCUT2D eigenvalue weighted by atomic mass is 10.1. The van der Waals surface area contributed by atoms with Crippen molar-refractivity contribution in [3.8, 4) is 0 Å². The number of ether oxygens (including phenoxy) is 1. The highest BCUT2D eigenvalue weighted by atomic mass is 35.5. The Morgan fingerprint density at radius 1 is 1.14 bits per heavy atom. The second kappa shape index (κ2) is 13.4. The number of nitrogens with one attached hydrogen (secondary N) is 1. The lowest BCUT2D eigenvalue weighted by molar-refractivity contribution is -0.134. The van der Waals surface area contributed by atoms with E-state index < -0.39 is 21.6 Å². The maximum Gasteiger partial charge on any atom is 0.330 e. The predicted molar refractivity (Wildman–Crippen MR) is 147 cm³/mol. The number of halogens is 2. The van der Waals surface area contributed by atoms with E-state index in [1.54, 1.807) is 36.4 Å². The molecule has 2 rings (SSSR count). The zero-order chi connectivity index (χ0) is 26.9. The highest BCUT2D eigenvalue weighted by Gasteiger charge is 2.23.